The molecular formula is C21H24F4N2O3. The SMILES string of the molecule is COCC1NC(C)=C(C#N)C(c2ccc(F)cc2C(F)(F)F)C1(C(=O)O)C(C)(C)C. The minimum absolute atomic E-state index is 0.126. The van der Waals surface area contributed by atoms with E-state index in [2.05, 4.69) is 5.32 Å². The molecule has 1 aromatic rings. The van der Waals surface area contributed by atoms with Crippen LogP contribution in [0.2, 0.25) is 0 Å². The van der Waals surface area contributed by atoms with Crippen molar-refractivity contribution < 1.29 is 32.2 Å². The van der Waals surface area contributed by atoms with Crippen LogP contribution in [-0.2, 0) is 15.7 Å². The fraction of sp³-hybridized carbons (Fsp3) is 0.524. The highest BCUT2D eigenvalue weighted by atomic mass is 19.4. The van der Waals surface area contributed by atoms with Crippen molar-refractivity contribution in [1.82, 2.24) is 5.32 Å². The highest BCUT2D eigenvalue weighted by Gasteiger charge is 2.63. The molecule has 3 atom stereocenters. The fourth-order valence-electron chi connectivity index (χ4n) is 4.56. The van der Waals surface area contributed by atoms with E-state index >= 15 is 0 Å². The van der Waals surface area contributed by atoms with Gasteiger partial charge in [0.1, 0.15) is 11.2 Å². The quantitative estimate of drug-likeness (QED) is 0.692. The van der Waals surface area contributed by atoms with E-state index in [9.17, 15) is 32.7 Å². The van der Waals surface area contributed by atoms with Crippen molar-refractivity contribution >= 4 is 5.97 Å². The van der Waals surface area contributed by atoms with Gasteiger partial charge >= 0.3 is 12.1 Å². The second-order valence-corrected chi connectivity index (χ2v) is 8.39. The molecule has 3 unspecified atom stereocenters. The molecule has 1 aromatic carbocycles. The first-order chi connectivity index (χ1) is 13.7. The molecule has 2 N–H and O–H groups in total. The second kappa shape index (κ2) is 7.91. The molecule has 30 heavy (non-hydrogen) atoms. The number of nitrogens with zero attached hydrogens (tertiary/aromatic N) is 1. The number of hydrogen-bond acceptors (Lipinski definition) is 4. The Kier molecular flexibility index (Phi) is 6.24. The van der Waals surface area contributed by atoms with Crippen LogP contribution in [0.25, 0.3) is 0 Å². The molecule has 0 bridgehead atoms. The molecule has 0 saturated heterocycles. The number of hydrogen-bond donors (Lipinski definition) is 2. The second-order valence-electron chi connectivity index (χ2n) is 8.39. The summed E-state index contributed by atoms with van der Waals surface area (Å²) >= 11 is 0. The van der Waals surface area contributed by atoms with Gasteiger partial charge in [-0.05, 0) is 30.0 Å². The zero-order valence-electron chi connectivity index (χ0n) is 17.3. The third-order valence-corrected chi connectivity index (χ3v) is 5.77. The number of rotatable bonds is 4. The number of allylic oxidation sites excluding steroid dienone is 2. The van der Waals surface area contributed by atoms with Gasteiger partial charge in [0, 0.05) is 18.7 Å². The number of halogens is 4. The molecule has 1 heterocycles. The van der Waals surface area contributed by atoms with Crippen LogP contribution in [0.3, 0.4) is 0 Å². The van der Waals surface area contributed by atoms with E-state index < -0.39 is 51.9 Å². The van der Waals surface area contributed by atoms with Gasteiger partial charge in [-0.1, -0.05) is 26.8 Å². The first-order valence-electron chi connectivity index (χ1n) is 9.19. The summed E-state index contributed by atoms with van der Waals surface area (Å²) in [7, 11) is 1.35. The summed E-state index contributed by atoms with van der Waals surface area (Å²) in [4.78, 5) is 12.8. The molecule has 0 radical (unpaired) electrons. The minimum Gasteiger partial charge on any atom is -0.481 e. The molecule has 0 saturated carbocycles. The number of ether oxygens (including phenoxy) is 1. The molecule has 164 valence electrons. The van der Waals surface area contributed by atoms with E-state index in [1.807, 2.05) is 6.07 Å². The number of nitrogens with one attached hydrogen (secondary N) is 1. The molecule has 9 heteroatoms. The van der Waals surface area contributed by atoms with Gasteiger partial charge < -0.3 is 15.2 Å². The Bertz CT molecular complexity index is 912. The molecule has 0 amide bonds. The molecule has 2 rings (SSSR count). The normalized spacial score (nSPS) is 24.9. The van der Waals surface area contributed by atoms with Crippen molar-refractivity contribution in [3.05, 3.63) is 46.4 Å². The number of nitriles is 1. The van der Waals surface area contributed by atoms with Crippen LogP contribution < -0.4 is 5.32 Å². The topological polar surface area (TPSA) is 82.3 Å². The lowest BCUT2D eigenvalue weighted by Crippen LogP contribution is -2.64. The van der Waals surface area contributed by atoms with Gasteiger partial charge in [0.25, 0.3) is 0 Å². The molecule has 0 aromatic heterocycles. The lowest BCUT2D eigenvalue weighted by Gasteiger charge is -2.54. The maximum absolute atomic E-state index is 13.9. The van der Waals surface area contributed by atoms with E-state index in [1.54, 1.807) is 20.8 Å². The van der Waals surface area contributed by atoms with Crippen molar-refractivity contribution in [3.8, 4) is 6.07 Å². The zero-order chi connectivity index (χ0) is 23.1. The number of benzene rings is 1. The Labute approximate surface area is 172 Å². The van der Waals surface area contributed by atoms with Crippen LogP contribution in [0.5, 0.6) is 0 Å². The summed E-state index contributed by atoms with van der Waals surface area (Å²) < 4.78 is 60.5. The summed E-state index contributed by atoms with van der Waals surface area (Å²) in [5.74, 6) is -3.98. The summed E-state index contributed by atoms with van der Waals surface area (Å²) in [6, 6.07) is 3.04. The minimum atomic E-state index is -4.95. The van der Waals surface area contributed by atoms with E-state index in [4.69, 9.17) is 4.74 Å². The summed E-state index contributed by atoms with van der Waals surface area (Å²) in [5, 5.41) is 23.2. The fourth-order valence-corrected chi connectivity index (χ4v) is 4.56. The Morgan fingerprint density at radius 1 is 1.33 bits per heavy atom. The number of carboxylic acids is 1. The standard InChI is InChI=1S/C21H24F4N2O3/c1-11-14(9-26)17(13-7-6-12(22)8-15(13)21(23,24)25)20(18(28)29,19(2,3)4)16(27-11)10-30-5/h6-8,16-17,27H,10H2,1-5H3,(H,28,29). The number of carboxylic acid groups (broad SMARTS) is 1. The first-order valence-corrected chi connectivity index (χ1v) is 9.19. The van der Waals surface area contributed by atoms with Crippen LogP contribution in [0.4, 0.5) is 17.6 Å². The third kappa shape index (κ3) is 3.65. The van der Waals surface area contributed by atoms with Gasteiger partial charge in [-0.3, -0.25) is 4.79 Å². The number of aliphatic carboxylic acids is 1. The highest BCUT2D eigenvalue weighted by molar-refractivity contribution is 5.81. The molecule has 0 fully saturated rings. The first kappa shape index (κ1) is 23.7. The van der Waals surface area contributed by atoms with Crippen molar-refractivity contribution in [2.24, 2.45) is 10.8 Å². The number of alkyl halides is 3. The van der Waals surface area contributed by atoms with Crippen LogP contribution in [0, 0.1) is 28.0 Å². The van der Waals surface area contributed by atoms with E-state index in [1.165, 1.54) is 14.0 Å². The van der Waals surface area contributed by atoms with Gasteiger partial charge in [0.15, 0.2) is 0 Å². The monoisotopic (exact) mass is 428 g/mol. The van der Waals surface area contributed by atoms with Crippen LogP contribution >= 0.6 is 0 Å². The average molecular weight is 428 g/mol. The van der Waals surface area contributed by atoms with Gasteiger partial charge in [0.05, 0.1) is 29.9 Å². The number of carbonyl (C=O) groups is 1. The van der Waals surface area contributed by atoms with Crippen molar-refractivity contribution in [2.75, 3.05) is 13.7 Å². The van der Waals surface area contributed by atoms with E-state index in [-0.39, 0.29) is 17.9 Å². The predicted octanol–water partition coefficient (Wildman–Crippen LogP) is 4.46. The smallest absolute Gasteiger partial charge is 0.416 e. The summed E-state index contributed by atoms with van der Waals surface area (Å²) in [6.07, 6.45) is -4.95. The summed E-state index contributed by atoms with van der Waals surface area (Å²) in [6.45, 7) is 6.14. The Balaban J connectivity index is 3.06. The van der Waals surface area contributed by atoms with Gasteiger partial charge in [-0.25, -0.2) is 4.39 Å². The van der Waals surface area contributed by atoms with Crippen molar-refractivity contribution in [1.29, 1.82) is 5.26 Å². The lowest BCUT2D eigenvalue weighted by atomic mass is 9.51. The van der Waals surface area contributed by atoms with Gasteiger partial charge in [-0.2, -0.15) is 18.4 Å². The highest BCUT2D eigenvalue weighted by Crippen LogP contribution is 2.58. The average Bonchev–Trinajstić information content (AvgIpc) is 2.59. The van der Waals surface area contributed by atoms with E-state index in [0.717, 1.165) is 12.1 Å². The molecule has 1 aliphatic rings. The zero-order valence-corrected chi connectivity index (χ0v) is 17.3. The molecule has 0 spiro atoms. The van der Waals surface area contributed by atoms with Gasteiger partial charge in [-0.15, -0.1) is 0 Å². The number of methoxy groups -OCH3 is 1. The lowest BCUT2D eigenvalue weighted by molar-refractivity contribution is -0.165. The predicted molar refractivity (Wildman–Crippen MR) is 101 cm³/mol. The molecule has 0 aliphatic carbocycles. The van der Waals surface area contributed by atoms with Crippen molar-refractivity contribution in [2.45, 2.75) is 45.8 Å². The largest absolute Gasteiger partial charge is 0.481 e. The Morgan fingerprint density at radius 3 is 2.37 bits per heavy atom. The van der Waals surface area contributed by atoms with Crippen LogP contribution in [0.15, 0.2) is 29.5 Å². The molecule has 5 nitrogen and oxygen atoms in total. The van der Waals surface area contributed by atoms with Crippen LogP contribution in [0.1, 0.15) is 44.7 Å². The maximum atomic E-state index is 13.9. The van der Waals surface area contributed by atoms with Gasteiger partial charge in [0.2, 0.25) is 0 Å². The maximum Gasteiger partial charge on any atom is 0.416 e. The third-order valence-electron chi connectivity index (χ3n) is 5.77. The molecule has 1 aliphatic heterocycles. The summed E-state index contributed by atoms with van der Waals surface area (Å²) in [5.41, 5.74) is -4.69. The molecular weight excluding hydrogens is 404 g/mol. The van der Waals surface area contributed by atoms with Crippen LogP contribution in [-0.4, -0.2) is 30.8 Å². The van der Waals surface area contributed by atoms with Crippen molar-refractivity contribution in [3.63, 3.8) is 0 Å². The van der Waals surface area contributed by atoms with E-state index in [0.29, 0.717) is 6.07 Å². The Morgan fingerprint density at radius 2 is 1.93 bits per heavy atom. The Hall–Kier alpha value is -2.60.